The van der Waals surface area contributed by atoms with Crippen molar-refractivity contribution in [1.82, 2.24) is 10.2 Å². The molecular weight excluding hydrogens is 423 g/mol. The summed E-state index contributed by atoms with van der Waals surface area (Å²) in [5.41, 5.74) is 5.97. The average Bonchev–Trinajstić information content (AvgIpc) is 2.78. The van der Waals surface area contributed by atoms with Crippen molar-refractivity contribution >= 4 is 17.7 Å². The Balaban J connectivity index is 1.45. The van der Waals surface area contributed by atoms with Gasteiger partial charge in [-0.25, -0.2) is 0 Å². The molecule has 0 aliphatic carbocycles. The zero-order chi connectivity index (χ0) is 23.3. The van der Waals surface area contributed by atoms with Crippen molar-refractivity contribution in [2.24, 2.45) is 11.7 Å². The standard InChI is InChI=1S/C23H24F3N3O3/c24-23(25,26)19-6-4-17(5-7-19)22(32)29-12-9-16(10-13-29)21(31)28-11-8-15-2-1-3-18(14-15)20(27)30/h1-7,14,16H,8-13H2,(H2,27,30)(H,28,31). The predicted octanol–water partition coefficient (Wildman–Crippen LogP) is 3.02. The monoisotopic (exact) mass is 447 g/mol. The third-order valence-corrected chi connectivity index (χ3v) is 5.54. The molecule has 0 aromatic heterocycles. The first-order chi connectivity index (χ1) is 15.1. The predicted molar refractivity (Wildman–Crippen MR) is 112 cm³/mol. The number of nitrogens with two attached hydrogens (primary N) is 1. The molecule has 0 radical (unpaired) electrons. The molecule has 3 N–H and O–H groups in total. The summed E-state index contributed by atoms with van der Waals surface area (Å²) < 4.78 is 38.0. The second-order valence-corrected chi connectivity index (χ2v) is 7.75. The van der Waals surface area contributed by atoms with Gasteiger partial charge >= 0.3 is 6.18 Å². The molecule has 170 valence electrons. The lowest BCUT2D eigenvalue weighted by atomic mass is 9.95. The molecule has 0 saturated carbocycles. The van der Waals surface area contributed by atoms with E-state index in [0.717, 1.165) is 17.7 Å². The van der Waals surface area contributed by atoms with E-state index in [1.807, 2.05) is 6.07 Å². The third-order valence-electron chi connectivity index (χ3n) is 5.54. The van der Waals surface area contributed by atoms with Gasteiger partial charge in [0.05, 0.1) is 5.56 Å². The fraction of sp³-hybridized carbons (Fsp3) is 0.348. The summed E-state index contributed by atoms with van der Waals surface area (Å²) in [6.45, 7) is 1.13. The van der Waals surface area contributed by atoms with Crippen molar-refractivity contribution in [3.05, 3.63) is 70.8 Å². The molecule has 1 aliphatic heterocycles. The molecule has 0 unspecified atom stereocenters. The molecule has 3 rings (SSSR count). The molecular formula is C23H24F3N3O3. The van der Waals surface area contributed by atoms with Crippen LogP contribution in [0.1, 0.15) is 44.7 Å². The van der Waals surface area contributed by atoms with Crippen LogP contribution in [-0.2, 0) is 17.4 Å². The van der Waals surface area contributed by atoms with E-state index >= 15 is 0 Å². The Morgan fingerprint density at radius 1 is 1.00 bits per heavy atom. The minimum atomic E-state index is -4.45. The van der Waals surface area contributed by atoms with Gasteiger partial charge < -0.3 is 16.0 Å². The number of hydrogen-bond donors (Lipinski definition) is 2. The van der Waals surface area contributed by atoms with Crippen LogP contribution in [0, 0.1) is 5.92 Å². The highest BCUT2D eigenvalue weighted by molar-refractivity contribution is 5.94. The van der Waals surface area contributed by atoms with Gasteiger partial charge in [-0.15, -0.1) is 0 Å². The first kappa shape index (κ1) is 23.3. The van der Waals surface area contributed by atoms with Gasteiger partial charge in [0, 0.05) is 36.7 Å². The van der Waals surface area contributed by atoms with E-state index in [-0.39, 0.29) is 23.3 Å². The molecule has 0 atom stereocenters. The molecule has 1 saturated heterocycles. The number of rotatable bonds is 6. The number of amides is 3. The Labute approximate surface area is 183 Å². The molecule has 1 fully saturated rings. The van der Waals surface area contributed by atoms with Crippen molar-refractivity contribution in [2.45, 2.75) is 25.4 Å². The highest BCUT2D eigenvalue weighted by atomic mass is 19.4. The summed E-state index contributed by atoms with van der Waals surface area (Å²) in [7, 11) is 0. The lowest BCUT2D eigenvalue weighted by Gasteiger charge is -2.31. The Morgan fingerprint density at radius 3 is 2.25 bits per heavy atom. The number of carbonyl (C=O) groups excluding carboxylic acids is 3. The fourth-order valence-corrected chi connectivity index (χ4v) is 3.68. The van der Waals surface area contributed by atoms with Gasteiger partial charge in [-0.3, -0.25) is 14.4 Å². The van der Waals surface area contributed by atoms with Crippen molar-refractivity contribution in [1.29, 1.82) is 0 Å². The number of alkyl halides is 3. The van der Waals surface area contributed by atoms with Gasteiger partial charge in [0.1, 0.15) is 0 Å². The fourth-order valence-electron chi connectivity index (χ4n) is 3.68. The zero-order valence-electron chi connectivity index (χ0n) is 17.3. The molecule has 2 aromatic rings. The molecule has 1 heterocycles. The summed E-state index contributed by atoms with van der Waals surface area (Å²) in [5.74, 6) is -1.18. The van der Waals surface area contributed by atoms with Crippen LogP contribution in [-0.4, -0.2) is 42.3 Å². The van der Waals surface area contributed by atoms with Gasteiger partial charge in [0.15, 0.2) is 0 Å². The number of benzene rings is 2. The Hall–Kier alpha value is -3.36. The van der Waals surface area contributed by atoms with Crippen molar-refractivity contribution in [3.8, 4) is 0 Å². The number of likely N-dealkylation sites (tertiary alicyclic amines) is 1. The molecule has 0 bridgehead atoms. The Bertz CT molecular complexity index is 982. The van der Waals surface area contributed by atoms with Crippen LogP contribution in [0.3, 0.4) is 0 Å². The van der Waals surface area contributed by atoms with Gasteiger partial charge in [0.2, 0.25) is 11.8 Å². The number of nitrogens with zero attached hydrogens (tertiary/aromatic N) is 1. The van der Waals surface area contributed by atoms with E-state index < -0.39 is 17.6 Å². The zero-order valence-corrected chi connectivity index (χ0v) is 17.3. The smallest absolute Gasteiger partial charge is 0.366 e. The minimum absolute atomic E-state index is 0.0994. The van der Waals surface area contributed by atoms with E-state index in [4.69, 9.17) is 5.73 Å². The maximum absolute atomic E-state index is 12.7. The van der Waals surface area contributed by atoms with Gasteiger partial charge in [0.25, 0.3) is 5.91 Å². The van der Waals surface area contributed by atoms with Gasteiger partial charge in [-0.05, 0) is 61.2 Å². The van der Waals surface area contributed by atoms with Crippen molar-refractivity contribution in [2.75, 3.05) is 19.6 Å². The number of primary amides is 1. The number of hydrogen-bond acceptors (Lipinski definition) is 3. The quantitative estimate of drug-likeness (QED) is 0.713. The normalized spacial score (nSPS) is 14.8. The summed E-state index contributed by atoms with van der Waals surface area (Å²) in [6, 6.07) is 11.1. The largest absolute Gasteiger partial charge is 0.416 e. The molecule has 0 spiro atoms. The molecule has 1 aliphatic rings. The molecule has 32 heavy (non-hydrogen) atoms. The van der Waals surface area contributed by atoms with Crippen LogP contribution >= 0.6 is 0 Å². The number of halogens is 3. The summed E-state index contributed by atoms with van der Waals surface area (Å²) in [5, 5.41) is 2.88. The third kappa shape index (κ3) is 5.87. The van der Waals surface area contributed by atoms with Gasteiger partial charge in [-0.1, -0.05) is 12.1 Å². The van der Waals surface area contributed by atoms with Crippen LogP contribution in [0.15, 0.2) is 48.5 Å². The Kier molecular flexibility index (Phi) is 7.17. The lowest BCUT2D eigenvalue weighted by Crippen LogP contribution is -2.43. The molecule has 3 amide bonds. The SMILES string of the molecule is NC(=O)c1cccc(CCNC(=O)C2CCN(C(=O)c3ccc(C(F)(F)F)cc3)CC2)c1. The minimum Gasteiger partial charge on any atom is -0.366 e. The molecule has 2 aromatic carbocycles. The first-order valence-corrected chi connectivity index (χ1v) is 10.3. The number of nitrogens with one attached hydrogen (secondary N) is 1. The first-order valence-electron chi connectivity index (χ1n) is 10.3. The van der Waals surface area contributed by atoms with Crippen LogP contribution in [0.5, 0.6) is 0 Å². The van der Waals surface area contributed by atoms with Crippen molar-refractivity contribution in [3.63, 3.8) is 0 Å². The summed E-state index contributed by atoms with van der Waals surface area (Å²) in [6.07, 6.45) is -2.93. The van der Waals surface area contributed by atoms with Crippen LogP contribution in [0.25, 0.3) is 0 Å². The van der Waals surface area contributed by atoms with E-state index in [2.05, 4.69) is 5.32 Å². The number of piperidine rings is 1. The second kappa shape index (κ2) is 9.84. The van der Waals surface area contributed by atoms with E-state index in [1.165, 1.54) is 12.1 Å². The van der Waals surface area contributed by atoms with Crippen LogP contribution in [0.2, 0.25) is 0 Å². The maximum Gasteiger partial charge on any atom is 0.416 e. The highest BCUT2D eigenvalue weighted by Crippen LogP contribution is 2.29. The Morgan fingerprint density at radius 2 is 1.66 bits per heavy atom. The van der Waals surface area contributed by atoms with E-state index in [1.54, 1.807) is 23.1 Å². The van der Waals surface area contributed by atoms with Gasteiger partial charge in [-0.2, -0.15) is 13.2 Å². The van der Waals surface area contributed by atoms with Crippen LogP contribution in [0.4, 0.5) is 13.2 Å². The van der Waals surface area contributed by atoms with E-state index in [0.29, 0.717) is 44.5 Å². The van der Waals surface area contributed by atoms with Crippen LogP contribution < -0.4 is 11.1 Å². The van der Waals surface area contributed by atoms with Crippen molar-refractivity contribution < 1.29 is 27.6 Å². The number of carbonyl (C=O) groups is 3. The second-order valence-electron chi connectivity index (χ2n) is 7.75. The lowest BCUT2D eigenvalue weighted by molar-refractivity contribution is -0.137. The topological polar surface area (TPSA) is 92.5 Å². The average molecular weight is 447 g/mol. The molecule has 9 heteroatoms. The molecule has 6 nitrogen and oxygen atoms in total. The summed E-state index contributed by atoms with van der Waals surface area (Å²) >= 11 is 0. The highest BCUT2D eigenvalue weighted by Gasteiger charge is 2.31. The maximum atomic E-state index is 12.7. The summed E-state index contributed by atoms with van der Waals surface area (Å²) in [4.78, 5) is 37.8. The van der Waals surface area contributed by atoms with E-state index in [9.17, 15) is 27.6 Å².